The highest BCUT2D eigenvalue weighted by molar-refractivity contribution is 9.10. The summed E-state index contributed by atoms with van der Waals surface area (Å²) in [6.45, 7) is 3.51. The highest BCUT2D eigenvalue weighted by atomic mass is 79.9. The number of nitrogens with zero attached hydrogens (tertiary/aromatic N) is 1. The Labute approximate surface area is 77.7 Å². The summed E-state index contributed by atoms with van der Waals surface area (Å²) in [5, 5.41) is 10.5. The summed E-state index contributed by atoms with van der Waals surface area (Å²) in [6.07, 6.45) is 0. The molecule has 5 heteroatoms. The van der Waals surface area contributed by atoms with E-state index in [1.54, 1.807) is 6.07 Å². The third-order valence-corrected chi connectivity index (χ3v) is 2.09. The van der Waals surface area contributed by atoms with Crippen molar-refractivity contribution in [2.75, 3.05) is 5.73 Å². The molecular formula is C7H6BrN2O2. The van der Waals surface area contributed by atoms with Crippen molar-refractivity contribution in [2.45, 2.75) is 0 Å². The molecule has 1 rings (SSSR count). The highest BCUT2D eigenvalue weighted by Crippen LogP contribution is 2.31. The standard InChI is InChI=1S/C7H6BrN2O2/c1-4-6(9)3-2-5(8)7(4)10(11)12/h2-3H,1,9H2. The SMILES string of the molecule is [CH2]c1c(N)ccc(Br)c1[N+](=O)[O-]. The lowest BCUT2D eigenvalue weighted by molar-refractivity contribution is -0.386. The first kappa shape index (κ1) is 8.99. The molecule has 0 aliphatic carbocycles. The van der Waals surface area contributed by atoms with Gasteiger partial charge < -0.3 is 5.73 Å². The van der Waals surface area contributed by atoms with Gasteiger partial charge in [-0.25, -0.2) is 0 Å². The fourth-order valence-electron chi connectivity index (χ4n) is 0.821. The zero-order chi connectivity index (χ0) is 9.30. The number of nitro groups is 1. The molecule has 0 aliphatic heterocycles. The maximum Gasteiger partial charge on any atom is 0.288 e. The molecule has 0 aliphatic rings. The summed E-state index contributed by atoms with van der Waals surface area (Å²) in [4.78, 5) is 9.96. The van der Waals surface area contributed by atoms with Gasteiger partial charge in [0.2, 0.25) is 0 Å². The van der Waals surface area contributed by atoms with E-state index in [9.17, 15) is 10.1 Å². The second-order valence-electron chi connectivity index (χ2n) is 2.22. The van der Waals surface area contributed by atoms with E-state index in [-0.39, 0.29) is 11.3 Å². The van der Waals surface area contributed by atoms with E-state index < -0.39 is 4.92 Å². The fraction of sp³-hybridized carbons (Fsp3) is 0. The van der Waals surface area contributed by atoms with Gasteiger partial charge in [0, 0.05) is 5.69 Å². The van der Waals surface area contributed by atoms with E-state index in [1.807, 2.05) is 0 Å². The first-order valence-corrected chi connectivity index (χ1v) is 3.87. The Morgan fingerprint density at radius 1 is 1.58 bits per heavy atom. The van der Waals surface area contributed by atoms with Gasteiger partial charge in [0.05, 0.1) is 15.0 Å². The molecule has 4 nitrogen and oxygen atoms in total. The van der Waals surface area contributed by atoms with Crippen LogP contribution in [0.2, 0.25) is 0 Å². The molecule has 0 bridgehead atoms. The summed E-state index contributed by atoms with van der Waals surface area (Å²) < 4.78 is 0.395. The summed E-state index contributed by atoms with van der Waals surface area (Å²) in [5.41, 5.74) is 5.93. The second-order valence-corrected chi connectivity index (χ2v) is 3.08. The van der Waals surface area contributed by atoms with Crippen LogP contribution in [0.15, 0.2) is 16.6 Å². The second kappa shape index (κ2) is 3.10. The van der Waals surface area contributed by atoms with Crippen LogP contribution in [-0.2, 0) is 0 Å². The molecule has 0 fully saturated rings. The molecule has 0 unspecified atom stereocenters. The van der Waals surface area contributed by atoms with Gasteiger partial charge in [-0.05, 0) is 35.0 Å². The van der Waals surface area contributed by atoms with Crippen LogP contribution in [0.1, 0.15) is 5.56 Å². The molecule has 2 N–H and O–H groups in total. The van der Waals surface area contributed by atoms with E-state index >= 15 is 0 Å². The van der Waals surface area contributed by atoms with E-state index in [0.29, 0.717) is 10.2 Å². The maximum absolute atomic E-state index is 10.5. The molecule has 0 saturated heterocycles. The smallest absolute Gasteiger partial charge is 0.288 e. The highest BCUT2D eigenvalue weighted by Gasteiger charge is 2.16. The Morgan fingerprint density at radius 3 is 2.58 bits per heavy atom. The van der Waals surface area contributed by atoms with Crippen LogP contribution >= 0.6 is 15.9 Å². The lowest BCUT2D eigenvalue weighted by Gasteiger charge is -2.01. The van der Waals surface area contributed by atoms with E-state index in [4.69, 9.17) is 5.73 Å². The minimum Gasteiger partial charge on any atom is -0.398 e. The Balaban J connectivity index is 3.43. The topological polar surface area (TPSA) is 69.2 Å². The van der Waals surface area contributed by atoms with Crippen LogP contribution in [0, 0.1) is 17.0 Å². The van der Waals surface area contributed by atoms with Crippen LogP contribution in [0.5, 0.6) is 0 Å². The number of halogens is 1. The molecule has 0 saturated carbocycles. The van der Waals surface area contributed by atoms with Crippen LogP contribution in [0.3, 0.4) is 0 Å². The van der Waals surface area contributed by atoms with E-state index in [2.05, 4.69) is 22.9 Å². The number of hydrogen-bond donors (Lipinski definition) is 1. The number of rotatable bonds is 1. The predicted octanol–water partition coefficient (Wildman–Crippen LogP) is 2.12. The molecule has 1 radical (unpaired) electrons. The van der Waals surface area contributed by atoms with Crippen LogP contribution in [0.4, 0.5) is 11.4 Å². The molecule has 63 valence electrons. The average Bonchev–Trinajstić information content (AvgIpc) is 1.97. The number of nitro benzene ring substituents is 1. The largest absolute Gasteiger partial charge is 0.398 e. The number of anilines is 1. The minimum absolute atomic E-state index is 0.0741. The number of nitrogens with two attached hydrogens (primary N) is 1. The Bertz CT molecular complexity index is 338. The Morgan fingerprint density at radius 2 is 2.17 bits per heavy atom. The number of benzene rings is 1. The van der Waals surface area contributed by atoms with Crippen molar-refractivity contribution in [3.8, 4) is 0 Å². The van der Waals surface area contributed by atoms with Gasteiger partial charge in [0.1, 0.15) is 0 Å². The van der Waals surface area contributed by atoms with E-state index in [0.717, 1.165) is 0 Å². The summed E-state index contributed by atoms with van der Waals surface area (Å²) in [6, 6.07) is 3.10. The third-order valence-electron chi connectivity index (χ3n) is 1.45. The zero-order valence-corrected chi connectivity index (χ0v) is 7.67. The van der Waals surface area contributed by atoms with Crippen LogP contribution < -0.4 is 5.73 Å². The predicted molar refractivity (Wildman–Crippen MR) is 49.7 cm³/mol. The van der Waals surface area contributed by atoms with Crippen molar-refractivity contribution < 1.29 is 4.92 Å². The lowest BCUT2D eigenvalue weighted by Crippen LogP contribution is -1.97. The molecular weight excluding hydrogens is 224 g/mol. The first-order chi connectivity index (χ1) is 5.54. The average molecular weight is 230 g/mol. The molecule has 0 aromatic heterocycles. The molecule has 0 spiro atoms. The van der Waals surface area contributed by atoms with Crippen molar-refractivity contribution in [3.63, 3.8) is 0 Å². The lowest BCUT2D eigenvalue weighted by atomic mass is 10.2. The van der Waals surface area contributed by atoms with Gasteiger partial charge in [0.15, 0.2) is 0 Å². The fourth-order valence-corrected chi connectivity index (χ4v) is 1.34. The van der Waals surface area contributed by atoms with Gasteiger partial charge in [-0.3, -0.25) is 10.1 Å². The van der Waals surface area contributed by atoms with Crippen LogP contribution in [0.25, 0.3) is 0 Å². The van der Waals surface area contributed by atoms with Gasteiger partial charge in [-0.2, -0.15) is 0 Å². The molecule has 1 aromatic carbocycles. The molecule has 0 atom stereocenters. The Hall–Kier alpha value is -1.10. The van der Waals surface area contributed by atoms with Crippen molar-refractivity contribution >= 4 is 27.3 Å². The molecule has 12 heavy (non-hydrogen) atoms. The van der Waals surface area contributed by atoms with Gasteiger partial charge in [-0.15, -0.1) is 0 Å². The van der Waals surface area contributed by atoms with Crippen molar-refractivity contribution in [2.24, 2.45) is 0 Å². The molecule has 0 amide bonds. The minimum atomic E-state index is -0.511. The van der Waals surface area contributed by atoms with Crippen LogP contribution in [-0.4, -0.2) is 4.92 Å². The van der Waals surface area contributed by atoms with Gasteiger partial charge in [0.25, 0.3) is 5.69 Å². The van der Waals surface area contributed by atoms with Crippen molar-refractivity contribution in [1.82, 2.24) is 0 Å². The number of nitrogen functional groups attached to an aromatic ring is 1. The first-order valence-electron chi connectivity index (χ1n) is 3.08. The zero-order valence-electron chi connectivity index (χ0n) is 6.08. The molecule has 1 aromatic rings. The normalized spacial score (nSPS) is 9.83. The maximum atomic E-state index is 10.5. The van der Waals surface area contributed by atoms with Gasteiger partial charge in [-0.1, -0.05) is 0 Å². The van der Waals surface area contributed by atoms with E-state index in [1.165, 1.54) is 6.07 Å². The summed E-state index contributed by atoms with van der Waals surface area (Å²) in [5.74, 6) is 0. The van der Waals surface area contributed by atoms with Crippen molar-refractivity contribution in [3.05, 3.63) is 39.2 Å². The van der Waals surface area contributed by atoms with Gasteiger partial charge >= 0.3 is 0 Å². The summed E-state index contributed by atoms with van der Waals surface area (Å²) in [7, 11) is 0. The van der Waals surface area contributed by atoms with Crippen molar-refractivity contribution in [1.29, 1.82) is 0 Å². The number of hydrogen-bond acceptors (Lipinski definition) is 3. The third kappa shape index (κ3) is 1.40. The monoisotopic (exact) mass is 229 g/mol. The summed E-state index contributed by atoms with van der Waals surface area (Å²) >= 11 is 3.04. The molecule has 0 heterocycles. The Kier molecular flexibility index (Phi) is 2.32. The quantitative estimate of drug-likeness (QED) is 0.456.